The average molecular weight is 126 g/mol. The summed E-state index contributed by atoms with van der Waals surface area (Å²) in [7, 11) is 0. The van der Waals surface area contributed by atoms with Crippen molar-refractivity contribution in [3.05, 3.63) is 6.42 Å². The van der Waals surface area contributed by atoms with Crippen LogP contribution < -0.4 is 5.73 Å². The number of rotatable bonds is 2. The van der Waals surface area contributed by atoms with Crippen molar-refractivity contribution >= 4 is 5.91 Å². The summed E-state index contributed by atoms with van der Waals surface area (Å²) < 4.78 is 0. The van der Waals surface area contributed by atoms with Gasteiger partial charge in [0.1, 0.15) is 0 Å². The maximum Gasteiger partial charge on any atom is 0.221 e. The molecule has 1 saturated carbocycles. The number of carbonyl (C=O) groups is 1. The first kappa shape index (κ1) is 6.59. The Bertz CT molecular complexity index is 105. The number of carbonyl (C=O) groups excluding carboxylic acids is 1. The van der Waals surface area contributed by atoms with E-state index in [1.165, 1.54) is 12.8 Å². The maximum absolute atomic E-state index is 10.3. The molecule has 0 aliphatic heterocycles. The molecule has 1 amide bonds. The van der Waals surface area contributed by atoms with Crippen LogP contribution in [-0.2, 0) is 4.79 Å². The van der Waals surface area contributed by atoms with Gasteiger partial charge in [0.15, 0.2) is 0 Å². The van der Waals surface area contributed by atoms with Crippen LogP contribution in [0.2, 0.25) is 0 Å². The number of primary amides is 1. The third-order valence-electron chi connectivity index (χ3n) is 1.80. The van der Waals surface area contributed by atoms with Gasteiger partial charge in [-0.1, -0.05) is 12.8 Å². The predicted molar refractivity (Wildman–Crippen MR) is 35.5 cm³/mol. The van der Waals surface area contributed by atoms with Gasteiger partial charge < -0.3 is 5.73 Å². The largest absolute Gasteiger partial charge is 0.369 e. The first-order chi connectivity index (χ1) is 4.29. The van der Waals surface area contributed by atoms with Crippen molar-refractivity contribution in [1.29, 1.82) is 0 Å². The summed E-state index contributed by atoms with van der Waals surface area (Å²) in [6.45, 7) is 0. The summed E-state index contributed by atoms with van der Waals surface area (Å²) in [6, 6.07) is 0. The molecule has 0 bridgehead atoms. The molecule has 51 valence electrons. The minimum absolute atomic E-state index is 0.262. The van der Waals surface area contributed by atoms with Crippen molar-refractivity contribution in [2.24, 2.45) is 11.7 Å². The van der Waals surface area contributed by atoms with Gasteiger partial charge in [-0.2, -0.15) is 0 Å². The zero-order chi connectivity index (χ0) is 6.69. The Kier molecular flexibility index (Phi) is 2.09. The quantitative estimate of drug-likeness (QED) is 0.586. The van der Waals surface area contributed by atoms with Gasteiger partial charge in [-0.05, 0) is 18.8 Å². The van der Waals surface area contributed by atoms with E-state index >= 15 is 0 Å². The standard InChI is InChI=1S/C7H12NO/c8-7(9)5-6-3-1-2-4-6/h5-6H,1-4H2,(H2,8,9). The Morgan fingerprint density at radius 3 is 2.44 bits per heavy atom. The van der Waals surface area contributed by atoms with Gasteiger partial charge in [-0.25, -0.2) is 0 Å². The van der Waals surface area contributed by atoms with Gasteiger partial charge in [-0.3, -0.25) is 4.79 Å². The second kappa shape index (κ2) is 2.85. The van der Waals surface area contributed by atoms with E-state index in [1.807, 2.05) is 0 Å². The van der Waals surface area contributed by atoms with Crippen LogP contribution in [0.4, 0.5) is 0 Å². The maximum atomic E-state index is 10.3. The summed E-state index contributed by atoms with van der Waals surface area (Å²) >= 11 is 0. The molecule has 0 spiro atoms. The topological polar surface area (TPSA) is 43.1 Å². The lowest BCUT2D eigenvalue weighted by Gasteiger charge is -2.01. The molecule has 0 heterocycles. The van der Waals surface area contributed by atoms with E-state index in [1.54, 1.807) is 6.42 Å². The van der Waals surface area contributed by atoms with Crippen LogP contribution in [-0.4, -0.2) is 5.91 Å². The summed E-state index contributed by atoms with van der Waals surface area (Å²) in [5.41, 5.74) is 4.98. The van der Waals surface area contributed by atoms with Crippen LogP contribution in [0.5, 0.6) is 0 Å². The lowest BCUT2D eigenvalue weighted by Crippen LogP contribution is -2.15. The van der Waals surface area contributed by atoms with Crippen molar-refractivity contribution in [2.45, 2.75) is 25.7 Å². The number of amides is 1. The lowest BCUT2D eigenvalue weighted by atomic mass is 10.0. The smallest absolute Gasteiger partial charge is 0.221 e. The fourth-order valence-electron chi connectivity index (χ4n) is 1.36. The first-order valence-electron chi connectivity index (χ1n) is 3.43. The lowest BCUT2D eigenvalue weighted by molar-refractivity contribution is -0.115. The van der Waals surface area contributed by atoms with Crippen molar-refractivity contribution in [3.63, 3.8) is 0 Å². The molecular formula is C7H12NO. The Morgan fingerprint density at radius 2 is 2.00 bits per heavy atom. The molecular weight excluding hydrogens is 114 g/mol. The third-order valence-corrected chi connectivity index (χ3v) is 1.80. The highest BCUT2D eigenvalue weighted by Gasteiger charge is 2.16. The van der Waals surface area contributed by atoms with E-state index in [-0.39, 0.29) is 5.91 Å². The minimum atomic E-state index is -0.262. The Morgan fingerprint density at radius 1 is 1.44 bits per heavy atom. The van der Waals surface area contributed by atoms with Gasteiger partial charge in [-0.15, -0.1) is 0 Å². The number of nitrogens with two attached hydrogens (primary N) is 1. The van der Waals surface area contributed by atoms with Gasteiger partial charge >= 0.3 is 0 Å². The highest BCUT2D eigenvalue weighted by Crippen LogP contribution is 2.26. The average Bonchev–Trinajstić information content (AvgIpc) is 2.15. The van der Waals surface area contributed by atoms with Gasteiger partial charge in [0.25, 0.3) is 0 Å². The second-order valence-electron chi connectivity index (χ2n) is 2.61. The van der Waals surface area contributed by atoms with E-state index < -0.39 is 0 Å². The SMILES string of the molecule is NC(=O)[CH]C1CCCC1. The van der Waals surface area contributed by atoms with E-state index in [2.05, 4.69) is 0 Å². The Labute approximate surface area is 55.4 Å². The third kappa shape index (κ3) is 2.04. The summed E-state index contributed by atoms with van der Waals surface area (Å²) in [4.78, 5) is 10.3. The van der Waals surface area contributed by atoms with Gasteiger partial charge in [0.2, 0.25) is 5.91 Å². The molecule has 2 N–H and O–H groups in total. The fraction of sp³-hybridized carbons (Fsp3) is 0.714. The van der Waals surface area contributed by atoms with Crippen molar-refractivity contribution in [2.75, 3.05) is 0 Å². The molecule has 0 aromatic heterocycles. The van der Waals surface area contributed by atoms with Crippen molar-refractivity contribution in [1.82, 2.24) is 0 Å². The van der Waals surface area contributed by atoms with Crippen LogP contribution in [0.15, 0.2) is 0 Å². The summed E-state index contributed by atoms with van der Waals surface area (Å²) in [5, 5.41) is 0. The van der Waals surface area contributed by atoms with Crippen LogP contribution >= 0.6 is 0 Å². The zero-order valence-electron chi connectivity index (χ0n) is 5.47. The Balaban J connectivity index is 2.19. The first-order valence-corrected chi connectivity index (χ1v) is 3.43. The normalized spacial score (nSPS) is 20.4. The van der Waals surface area contributed by atoms with E-state index in [4.69, 9.17) is 5.73 Å². The molecule has 0 saturated heterocycles. The van der Waals surface area contributed by atoms with E-state index in [0.717, 1.165) is 12.8 Å². The van der Waals surface area contributed by atoms with Crippen LogP contribution in [0.25, 0.3) is 0 Å². The highest BCUT2D eigenvalue weighted by atomic mass is 16.1. The predicted octanol–water partition coefficient (Wildman–Crippen LogP) is 0.866. The van der Waals surface area contributed by atoms with Gasteiger partial charge in [0.05, 0.1) is 6.42 Å². The van der Waals surface area contributed by atoms with Crippen molar-refractivity contribution < 1.29 is 4.79 Å². The summed E-state index contributed by atoms with van der Waals surface area (Å²) in [6.07, 6.45) is 6.47. The molecule has 9 heavy (non-hydrogen) atoms. The van der Waals surface area contributed by atoms with Crippen molar-refractivity contribution in [3.8, 4) is 0 Å². The highest BCUT2D eigenvalue weighted by molar-refractivity contribution is 5.83. The minimum Gasteiger partial charge on any atom is -0.369 e. The molecule has 0 atom stereocenters. The van der Waals surface area contributed by atoms with Crippen LogP contribution in [0.1, 0.15) is 25.7 Å². The Hall–Kier alpha value is -0.530. The molecule has 2 nitrogen and oxygen atoms in total. The molecule has 1 aliphatic carbocycles. The van der Waals surface area contributed by atoms with E-state index in [9.17, 15) is 4.79 Å². The fourth-order valence-corrected chi connectivity index (χ4v) is 1.36. The molecule has 1 aliphatic rings. The molecule has 1 fully saturated rings. The summed E-state index contributed by atoms with van der Waals surface area (Å²) in [5.74, 6) is 0.226. The molecule has 0 unspecified atom stereocenters. The van der Waals surface area contributed by atoms with Gasteiger partial charge in [0, 0.05) is 0 Å². The zero-order valence-corrected chi connectivity index (χ0v) is 5.47. The molecule has 0 aromatic rings. The van der Waals surface area contributed by atoms with Crippen LogP contribution in [0, 0.1) is 12.3 Å². The number of hydrogen-bond donors (Lipinski definition) is 1. The van der Waals surface area contributed by atoms with E-state index in [0.29, 0.717) is 5.92 Å². The molecule has 1 radical (unpaired) electrons. The number of hydrogen-bond acceptors (Lipinski definition) is 1. The van der Waals surface area contributed by atoms with Crippen LogP contribution in [0.3, 0.4) is 0 Å². The second-order valence-corrected chi connectivity index (χ2v) is 2.61. The molecule has 0 aromatic carbocycles. The molecule has 2 heteroatoms. The monoisotopic (exact) mass is 126 g/mol. The molecule has 1 rings (SSSR count).